The molecule has 4 nitrogen and oxygen atoms in total. The summed E-state index contributed by atoms with van der Waals surface area (Å²) in [7, 11) is 0. The lowest BCUT2D eigenvalue weighted by Crippen LogP contribution is -2.52. The van der Waals surface area contributed by atoms with Gasteiger partial charge in [-0.1, -0.05) is 13.0 Å². The Labute approximate surface area is 194 Å². The first kappa shape index (κ1) is 23.9. The molecule has 1 aromatic rings. The first-order valence-electron chi connectivity index (χ1n) is 11.8. The van der Waals surface area contributed by atoms with Crippen LogP contribution in [0.2, 0.25) is 0 Å². The van der Waals surface area contributed by atoms with E-state index < -0.39 is 35.3 Å². The fraction of sp³-hybridized carbons (Fsp3) is 0.708. The number of carbonyl (C=O) groups excluding carboxylic acids is 1. The highest BCUT2D eigenvalue weighted by molar-refractivity contribution is 5.87. The molecule has 1 N–H and O–H groups in total. The third kappa shape index (κ3) is 3.90. The Hall–Kier alpha value is -1.81. The van der Waals surface area contributed by atoms with Gasteiger partial charge < -0.3 is 15.0 Å². The second-order valence-electron chi connectivity index (χ2n) is 10.4. The molecule has 1 aromatic carbocycles. The minimum absolute atomic E-state index is 0.0321. The summed E-state index contributed by atoms with van der Waals surface area (Å²) in [4.78, 5) is 15.3. The fourth-order valence-corrected chi connectivity index (χ4v) is 6.69. The van der Waals surface area contributed by atoms with E-state index in [0.29, 0.717) is 31.2 Å². The average molecular weight is 490 g/mol. The van der Waals surface area contributed by atoms with Crippen molar-refractivity contribution in [2.45, 2.75) is 76.1 Å². The average Bonchev–Trinajstić information content (AvgIpc) is 3.27. The zero-order chi connectivity index (χ0) is 24.5. The van der Waals surface area contributed by atoms with E-state index in [2.05, 4.69) is 5.32 Å². The molecule has 1 saturated carbocycles. The highest BCUT2D eigenvalue weighted by Crippen LogP contribution is 2.55. The van der Waals surface area contributed by atoms with E-state index in [1.165, 1.54) is 6.07 Å². The van der Waals surface area contributed by atoms with E-state index in [1.807, 2.05) is 6.92 Å². The van der Waals surface area contributed by atoms with Gasteiger partial charge in [0.25, 0.3) is 0 Å². The first-order chi connectivity index (χ1) is 15.9. The molecule has 34 heavy (non-hydrogen) atoms. The Balaban J connectivity index is 1.33. The molecule has 1 amide bonds. The summed E-state index contributed by atoms with van der Waals surface area (Å²) in [5.41, 5.74) is -0.0591. The van der Waals surface area contributed by atoms with Crippen LogP contribution in [0.1, 0.15) is 49.3 Å². The molecular weight excluding hydrogens is 462 g/mol. The number of nitrogens with zero attached hydrogens (tertiary/aromatic N) is 1. The van der Waals surface area contributed by atoms with Crippen LogP contribution in [-0.2, 0) is 28.7 Å². The zero-order valence-electron chi connectivity index (χ0n) is 18.8. The number of carbonyl (C=O) groups is 1. The molecule has 1 spiro atoms. The van der Waals surface area contributed by atoms with E-state index in [9.17, 15) is 31.1 Å². The maximum atomic E-state index is 13.6. The minimum atomic E-state index is -4.45. The van der Waals surface area contributed by atoms with Crippen molar-refractivity contribution in [3.05, 3.63) is 34.9 Å². The minimum Gasteiger partial charge on any atom is -0.381 e. The van der Waals surface area contributed by atoms with Crippen LogP contribution >= 0.6 is 0 Å². The van der Waals surface area contributed by atoms with Crippen molar-refractivity contribution in [3.63, 3.8) is 0 Å². The second-order valence-corrected chi connectivity index (χ2v) is 10.4. The van der Waals surface area contributed by atoms with Crippen molar-refractivity contribution in [1.29, 1.82) is 0 Å². The third-order valence-corrected chi connectivity index (χ3v) is 8.62. The quantitative estimate of drug-likeness (QED) is 0.611. The van der Waals surface area contributed by atoms with Crippen LogP contribution in [0.3, 0.4) is 0 Å². The summed E-state index contributed by atoms with van der Waals surface area (Å²) in [6, 6.07) is 2.68. The van der Waals surface area contributed by atoms with E-state index >= 15 is 0 Å². The van der Waals surface area contributed by atoms with Crippen molar-refractivity contribution in [2.24, 2.45) is 17.3 Å². The summed E-state index contributed by atoms with van der Waals surface area (Å²) in [5, 5.41) is 3.19. The van der Waals surface area contributed by atoms with Crippen molar-refractivity contribution in [1.82, 2.24) is 10.2 Å². The SMILES string of the molecule is CC1C2Cc3ccc(C(F)(F)F)cc3CN2C(=O)[C@]12CC[C@@H](NC1CCOCC1C(F)(F)F)C2. The van der Waals surface area contributed by atoms with Gasteiger partial charge in [-0.2, -0.15) is 26.3 Å². The van der Waals surface area contributed by atoms with Crippen LogP contribution in [0.15, 0.2) is 18.2 Å². The van der Waals surface area contributed by atoms with Gasteiger partial charge in [-0.05, 0) is 61.3 Å². The van der Waals surface area contributed by atoms with Crippen LogP contribution in [-0.4, -0.2) is 48.3 Å². The Morgan fingerprint density at radius 3 is 2.59 bits per heavy atom. The lowest BCUT2D eigenvalue weighted by atomic mass is 9.73. The molecule has 0 radical (unpaired) electrons. The van der Waals surface area contributed by atoms with Crippen LogP contribution < -0.4 is 5.32 Å². The topological polar surface area (TPSA) is 41.6 Å². The number of hydrogen-bond acceptors (Lipinski definition) is 3. The largest absolute Gasteiger partial charge is 0.416 e. The van der Waals surface area contributed by atoms with Crippen molar-refractivity contribution >= 4 is 5.91 Å². The molecule has 0 bridgehead atoms. The highest BCUT2D eigenvalue weighted by Gasteiger charge is 2.60. The summed E-state index contributed by atoms with van der Waals surface area (Å²) >= 11 is 0. The van der Waals surface area contributed by atoms with Gasteiger partial charge in [0.15, 0.2) is 0 Å². The summed E-state index contributed by atoms with van der Waals surface area (Å²) in [5.74, 6) is -1.68. The summed E-state index contributed by atoms with van der Waals surface area (Å²) in [6.07, 6.45) is -6.42. The van der Waals surface area contributed by atoms with Gasteiger partial charge in [0.05, 0.1) is 23.5 Å². The molecule has 0 aromatic heterocycles. The Morgan fingerprint density at radius 2 is 1.88 bits per heavy atom. The van der Waals surface area contributed by atoms with E-state index in [1.54, 1.807) is 4.90 Å². The Bertz CT molecular complexity index is 964. The predicted molar refractivity (Wildman–Crippen MR) is 111 cm³/mol. The maximum absolute atomic E-state index is 13.6. The van der Waals surface area contributed by atoms with Gasteiger partial charge in [0.2, 0.25) is 5.91 Å². The van der Waals surface area contributed by atoms with Gasteiger partial charge in [0, 0.05) is 31.3 Å². The first-order valence-corrected chi connectivity index (χ1v) is 11.8. The molecule has 3 aliphatic heterocycles. The zero-order valence-corrected chi connectivity index (χ0v) is 18.8. The highest BCUT2D eigenvalue weighted by atomic mass is 19.4. The monoisotopic (exact) mass is 490 g/mol. The number of benzene rings is 1. The van der Waals surface area contributed by atoms with Gasteiger partial charge >= 0.3 is 12.4 Å². The van der Waals surface area contributed by atoms with Crippen LogP contribution in [0, 0.1) is 17.3 Å². The predicted octanol–water partition coefficient (Wildman–Crippen LogP) is 4.70. The Kier molecular flexibility index (Phi) is 5.71. The van der Waals surface area contributed by atoms with Gasteiger partial charge in [0.1, 0.15) is 0 Å². The van der Waals surface area contributed by atoms with E-state index in [0.717, 1.165) is 17.7 Å². The normalized spacial score (nSPS) is 36.1. The lowest BCUT2D eigenvalue weighted by Gasteiger charge is -2.36. The van der Waals surface area contributed by atoms with Crippen LogP contribution in [0.5, 0.6) is 0 Å². The molecule has 6 atom stereocenters. The van der Waals surface area contributed by atoms with E-state index in [4.69, 9.17) is 4.74 Å². The van der Waals surface area contributed by atoms with Gasteiger partial charge in [-0.25, -0.2) is 0 Å². The number of alkyl halides is 6. The lowest BCUT2D eigenvalue weighted by molar-refractivity contribution is -0.208. The molecule has 3 fully saturated rings. The van der Waals surface area contributed by atoms with Crippen LogP contribution in [0.25, 0.3) is 0 Å². The third-order valence-electron chi connectivity index (χ3n) is 8.62. The number of nitrogens with one attached hydrogen (secondary N) is 1. The summed E-state index contributed by atoms with van der Waals surface area (Å²) < 4.78 is 85.0. The molecule has 188 valence electrons. The number of amides is 1. The Morgan fingerprint density at radius 1 is 1.12 bits per heavy atom. The molecule has 4 aliphatic rings. The molecule has 2 saturated heterocycles. The van der Waals surface area contributed by atoms with Crippen molar-refractivity contribution in [2.75, 3.05) is 13.2 Å². The smallest absolute Gasteiger partial charge is 0.381 e. The van der Waals surface area contributed by atoms with Crippen LogP contribution in [0.4, 0.5) is 26.3 Å². The summed E-state index contributed by atoms with van der Waals surface area (Å²) in [6.45, 7) is 2.06. The van der Waals surface area contributed by atoms with Crippen molar-refractivity contribution in [3.8, 4) is 0 Å². The molecule has 10 heteroatoms. The molecule has 5 rings (SSSR count). The van der Waals surface area contributed by atoms with Crippen molar-refractivity contribution < 1.29 is 35.9 Å². The fourth-order valence-electron chi connectivity index (χ4n) is 6.69. The molecule has 3 heterocycles. The molecule has 1 aliphatic carbocycles. The number of ether oxygens (including phenoxy) is 1. The molecular formula is C24H28F6N2O2. The maximum Gasteiger partial charge on any atom is 0.416 e. The number of rotatable bonds is 2. The van der Waals surface area contributed by atoms with E-state index in [-0.39, 0.29) is 50.1 Å². The standard InChI is InChI=1S/C24H28F6N2O2/c1-13-20-9-14-2-3-16(23(25,26)27)8-15(14)11-32(20)21(33)22(13)6-4-17(10-22)31-19-5-7-34-12-18(19)24(28,29)30/h2-3,8,13,17-20,31H,4-7,9-12H2,1H3/t13?,17-,18?,19?,20?,22+/m1/s1. The number of hydrogen-bond donors (Lipinski definition) is 1. The second kappa shape index (κ2) is 8.11. The molecule has 4 unspecified atom stereocenters. The number of halogens is 6. The van der Waals surface area contributed by atoms with Gasteiger partial charge in [-0.15, -0.1) is 0 Å². The number of fused-ring (bicyclic) bond motifs is 2. The van der Waals surface area contributed by atoms with Gasteiger partial charge in [-0.3, -0.25) is 4.79 Å².